The summed E-state index contributed by atoms with van der Waals surface area (Å²) in [4.78, 5) is 11.2. The summed E-state index contributed by atoms with van der Waals surface area (Å²) >= 11 is 0. The van der Waals surface area contributed by atoms with Gasteiger partial charge in [0.05, 0.1) is 5.56 Å². The third-order valence-corrected chi connectivity index (χ3v) is 1.55. The third kappa shape index (κ3) is 3.41. The monoisotopic (exact) mass is 216 g/mol. The number of hydrogen-bond acceptors (Lipinski definition) is 4. The van der Waals surface area contributed by atoms with Crippen LogP contribution >= 0.6 is 0 Å². The highest BCUT2D eigenvalue weighted by Crippen LogP contribution is 2.14. The third-order valence-electron chi connectivity index (χ3n) is 1.55. The number of carbonyl (C=O) groups is 1. The van der Waals surface area contributed by atoms with Crippen LogP contribution in [0, 0.1) is 0 Å². The Morgan fingerprint density at radius 1 is 1.27 bits per heavy atom. The van der Waals surface area contributed by atoms with E-state index < -0.39 is 19.0 Å². The van der Waals surface area contributed by atoms with Gasteiger partial charge in [0, 0.05) is 11.4 Å². The molecule has 0 saturated heterocycles. The topological polar surface area (TPSA) is 78.3 Å². The standard InChI is InChI=1S/C9H10F2N2O2/c10-8(11)4-15-9(14)5-1-6(12)3-7(13)2-5/h1-3,8H,4,12-13H2. The Balaban J connectivity index is 2.73. The van der Waals surface area contributed by atoms with Gasteiger partial charge in [-0.05, 0) is 18.2 Å². The molecule has 4 nitrogen and oxygen atoms in total. The highest BCUT2D eigenvalue weighted by Gasteiger charge is 2.11. The van der Waals surface area contributed by atoms with Crippen molar-refractivity contribution in [2.75, 3.05) is 18.1 Å². The fourth-order valence-electron chi connectivity index (χ4n) is 1.02. The first-order valence-corrected chi connectivity index (χ1v) is 4.10. The van der Waals surface area contributed by atoms with E-state index in [0.717, 1.165) is 0 Å². The zero-order chi connectivity index (χ0) is 11.4. The molecule has 0 aromatic heterocycles. The minimum atomic E-state index is -2.69. The Morgan fingerprint density at radius 3 is 2.27 bits per heavy atom. The molecule has 0 aliphatic heterocycles. The van der Waals surface area contributed by atoms with Crippen molar-refractivity contribution in [1.82, 2.24) is 0 Å². The maximum atomic E-state index is 11.7. The normalized spacial score (nSPS) is 10.3. The Bertz CT molecular complexity index is 349. The van der Waals surface area contributed by atoms with E-state index in [-0.39, 0.29) is 16.9 Å². The van der Waals surface area contributed by atoms with E-state index >= 15 is 0 Å². The molecule has 0 aliphatic carbocycles. The van der Waals surface area contributed by atoms with Crippen LogP contribution in [0.2, 0.25) is 0 Å². The van der Waals surface area contributed by atoms with Crippen LogP contribution in [0.15, 0.2) is 18.2 Å². The van der Waals surface area contributed by atoms with E-state index in [1.807, 2.05) is 0 Å². The molecule has 0 saturated carbocycles. The molecule has 0 aliphatic rings. The number of halogens is 2. The zero-order valence-electron chi connectivity index (χ0n) is 7.74. The zero-order valence-corrected chi connectivity index (χ0v) is 7.74. The van der Waals surface area contributed by atoms with Crippen molar-refractivity contribution in [3.8, 4) is 0 Å². The SMILES string of the molecule is Nc1cc(N)cc(C(=O)OCC(F)F)c1. The predicted octanol–water partition coefficient (Wildman–Crippen LogP) is 1.27. The van der Waals surface area contributed by atoms with Crippen LogP contribution in [0.3, 0.4) is 0 Å². The summed E-state index contributed by atoms with van der Waals surface area (Å²) in [5.74, 6) is -0.866. The molecule has 6 heteroatoms. The second kappa shape index (κ2) is 4.59. The number of anilines is 2. The number of esters is 1. The molecular formula is C9H10F2N2O2. The molecule has 0 unspecified atom stereocenters. The maximum Gasteiger partial charge on any atom is 0.338 e. The maximum absolute atomic E-state index is 11.7. The first-order valence-electron chi connectivity index (χ1n) is 4.10. The van der Waals surface area contributed by atoms with Crippen molar-refractivity contribution in [3.05, 3.63) is 23.8 Å². The molecule has 0 fully saturated rings. The lowest BCUT2D eigenvalue weighted by Crippen LogP contribution is -2.12. The highest BCUT2D eigenvalue weighted by molar-refractivity contribution is 5.91. The number of hydrogen-bond donors (Lipinski definition) is 2. The van der Waals surface area contributed by atoms with Crippen LogP contribution in [0.4, 0.5) is 20.2 Å². The number of ether oxygens (including phenoxy) is 1. The number of nitrogen functional groups attached to an aromatic ring is 2. The van der Waals surface area contributed by atoms with E-state index in [1.165, 1.54) is 18.2 Å². The molecule has 0 amide bonds. The van der Waals surface area contributed by atoms with Gasteiger partial charge >= 0.3 is 5.97 Å². The highest BCUT2D eigenvalue weighted by atomic mass is 19.3. The first kappa shape index (κ1) is 11.2. The average Bonchev–Trinajstić information content (AvgIpc) is 2.12. The summed E-state index contributed by atoms with van der Waals surface area (Å²) in [6.45, 7) is -0.937. The van der Waals surface area contributed by atoms with Gasteiger partial charge < -0.3 is 16.2 Å². The Morgan fingerprint density at radius 2 is 1.80 bits per heavy atom. The van der Waals surface area contributed by atoms with Crippen molar-refractivity contribution in [2.24, 2.45) is 0 Å². The van der Waals surface area contributed by atoms with Crippen LogP contribution in [0.5, 0.6) is 0 Å². The van der Waals surface area contributed by atoms with E-state index in [0.29, 0.717) is 0 Å². The molecule has 1 aromatic carbocycles. The fraction of sp³-hybridized carbons (Fsp3) is 0.222. The largest absolute Gasteiger partial charge is 0.456 e. The molecule has 1 aromatic rings. The summed E-state index contributed by atoms with van der Waals surface area (Å²) in [5.41, 5.74) is 11.5. The number of benzene rings is 1. The van der Waals surface area contributed by atoms with Crippen LogP contribution in [-0.4, -0.2) is 19.0 Å². The van der Waals surface area contributed by atoms with Crippen LogP contribution in [0.25, 0.3) is 0 Å². The lowest BCUT2D eigenvalue weighted by molar-refractivity contribution is 0.0160. The summed E-state index contributed by atoms with van der Waals surface area (Å²) < 4.78 is 27.8. The second-order valence-electron chi connectivity index (χ2n) is 2.88. The number of nitrogens with two attached hydrogens (primary N) is 2. The summed E-state index contributed by atoms with van der Waals surface area (Å²) in [7, 11) is 0. The van der Waals surface area contributed by atoms with Crippen LogP contribution in [0.1, 0.15) is 10.4 Å². The molecule has 15 heavy (non-hydrogen) atoms. The second-order valence-corrected chi connectivity index (χ2v) is 2.88. The molecule has 0 spiro atoms. The number of carbonyl (C=O) groups excluding carboxylic acids is 1. The van der Waals surface area contributed by atoms with Gasteiger partial charge in [-0.15, -0.1) is 0 Å². The quantitative estimate of drug-likeness (QED) is 0.589. The van der Waals surface area contributed by atoms with Gasteiger partial charge in [-0.2, -0.15) is 0 Å². The van der Waals surface area contributed by atoms with Gasteiger partial charge in [0.2, 0.25) is 0 Å². The van der Waals surface area contributed by atoms with Gasteiger partial charge in [0.1, 0.15) is 0 Å². The Labute approximate surface area is 84.8 Å². The molecule has 1 rings (SSSR count). The van der Waals surface area contributed by atoms with Crippen molar-refractivity contribution in [3.63, 3.8) is 0 Å². The first-order chi connectivity index (χ1) is 6.99. The van der Waals surface area contributed by atoms with Crippen molar-refractivity contribution >= 4 is 17.3 Å². The fourth-order valence-corrected chi connectivity index (χ4v) is 1.02. The minimum Gasteiger partial charge on any atom is -0.456 e. The van der Waals surface area contributed by atoms with Crippen LogP contribution < -0.4 is 11.5 Å². The molecule has 82 valence electrons. The molecule has 0 atom stereocenters. The van der Waals surface area contributed by atoms with Gasteiger partial charge in [-0.3, -0.25) is 0 Å². The van der Waals surface area contributed by atoms with Gasteiger partial charge in [-0.1, -0.05) is 0 Å². The molecule has 0 bridgehead atoms. The van der Waals surface area contributed by atoms with Crippen molar-refractivity contribution in [2.45, 2.75) is 6.43 Å². The van der Waals surface area contributed by atoms with Crippen molar-refractivity contribution < 1.29 is 18.3 Å². The van der Waals surface area contributed by atoms with Gasteiger partial charge in [0.15, 0.2) is 6.61 Å². The molecule has 4 N–H and O–H groups in total. The van der Waals surface area contributed by atoms with Crippen LogP contribution in [-0.2, 0) is 4.74 Å². The molecule has 0 radical (unpaired) electrons. The predicted molar refractivity (Wildman–Crippen MR) is 51.6 cm³/mol. The lowest BCUT2D eigenvalue weighted by atomic mass is 10.2. The number of alkyl halides is 2. The smallest absolute Gasteiger partial charge is 0.338 e. The summed E-state index contributed by atoms with van der Waals surface area (Å²) in [6, 6.07) is 4.07. The van der Waals surface area contributed by atoms with Crippen molar-refractivity contribution in [1.29, 1.82) is 0 Å². The van der Waals surface area contributed by atoms with Gasteiger partial charge in [-0.25, -0.2) is 13.6 Å². The molecule has 0 heterocycles. The van der Waals surface area contributed by atoms with E-state index in [1.54, 1.807) is 0 Å². The lowest BCUT2D eigenvalue weighted by Gasteiger charge is -2.05. The minimum absolute atomic E-state index is 0.0631. The summed E-state index contributed by atoms with van der Waals surface area (Å²) in [5, 5.41) is 0. The van der Waals surface area contributed by atoms with E-state index in [2.05, 4.69) is 4.74 Å². The summed E-state index contributed by atoms with van der Waals surface area (Å²) in [6.07, 6.45) is -2.69. The Hall–Kier alpha value is -1.85. The van der Waals surface area contributed by atoms with E-state index in [9.17, 15) is 13.6 Å². The number of rotatable bonds is 3. The average molecular weight is 216 g/mol. The van der Waals surface area contributed by atoms with E-state index in [4.69, 9.17) is 11.5 Å². The molecular weight excluding hydrogens is 206 g/mol. The Kier molecular flexibility index (Phi) is 3.43. The van der Waals surface area contributed by atoms with Gasteiger partial charge in [0.25, 0.3) is 6.43 Å².